The van der Waals surface area contributed by atoms with Crippen molar-refractivity contribution in [2.45, 2.75) is 13.0 Å². The Bertz CT molecular complexity index is 209. The average molecular weight is 134 g/mol. The van der Waals surface area contributed by atoms with Gasteiger partial charge in [0.25, 0.3) is 0 Å². The second-order valence-corrected chi connectivity index (χ2v) is 2.36. The van der Waals surface area contributed by atoms with Gasteiger partial charge in [-0.3, -0.25) is 4.98 Å². The minimum atomic E-state index is 0.684. The van der Waals surface area contributed by atoms with Gasteiger partial charge >= 0.3 is 0 Å². The molecule has 2 heterocycles. The second-order valence-electron chi connectivity index (χ2n) is 2.36. The van der Waals surface area contributed by atoms with Gasteiger partial charge in [0.2, 0.25) is 0 Å². The summed E-state index contributed by atoms with van der Waals surface area (Å²) in [6, 6.07) is 2.04. The van der Waals surface area contributed by atoms with Crippen molar-refractivity contribution in [3.05, 3.63) is 29.6 Å². The SMILES string of the molecule is [c]1nccc2c1COCC2. The van der Waals surface area contributed by atoms with Crippen LogP contribution < -0.4 is 0 Å². The summed E-state index contributed by atoms with van der Waals surface area (Å²) < 4.78 is 5.22. The van der Waals surface area contributed by atoms with Crippen LogP contribution in [-0.4, -0.2) is 11.6 Å². The number of aromatic nitrogens is 1. The van der Waals surface area contributed by atoms with Crippen LogP contribution in [0.5, 0.6) is 0 Å². The fourth-order valence-electron chi connectivity index (χ4n) is 1.13. The van der Waals surface area contributed by atoms with E-state index in [9.17, 15) is 0 Å². The van der Waals surface area contributed by atoms with Gasteiger partial charge in [-0.25, -0.2) is 0 Å². The van der Waals surface area contributed by atoms with E-state index >= 15 is 0 Å². The Hall–Kier alpha value is -0.890. The molecule has 0 amide bonds. The van der Waals surface area contributed by atoms with Crippen LogP contribution in [0.2, 0.25) is 0 Å². The van der Waals surface area contributed by atoms with Crippen molar-refractivity contribution in [2.24, 2.45) is 0 Å². The number of pyridine rings is 1. The number of hydrogen-bond acceptors (Lipinski definition) is 2. The molecular weight excluding hydrogens is 126 g/mol. The summed E-state index contributed by atoms with van der Waals surface area (Å²) in [5, 5.41) is 0. The highest BCUT2D eigenvalue weighted by Gasteiger charge is 2.07. The molecule has 0 atom stereocenters. The normalized spacial score (nSPS) is 16.4. The molecule has 0 spiro atoms. The van der Waals surface area contributed by atoms with E-state index in [2.05, 4.69) is 11.2 Å². The van der Waals surface area contributed by atoms with Gasteiger partial charge in [0.15, 0.2) is 0 Å². The Morgan fingerprint density at radius 3 is 3.50 bits per heavy atom. The highest BCUT2D eigenvalue weighted by Crippen LogP contribution is 2.13. The predicted molar refractivity (Wildman–Crippen MR) is 36.4 cm³/mol. The van der Waals surface area contributed by atoms with Crippen LogP contribution in [0.15, 0.2) is 12.3 Å². The molecule has 0 saturated carbocycles. The lowest BCUT2D eigenvalue weighted by molar-refractivity contribution is 0.110. The molecule has 0 saturated heterocycles. The van der Waals surface area contributed by atoms with Crippen molar-refractivity contribution in [1.82, 2.24) is 4.98 Å². The molecule has 1 aromatic heterocycles. The first kappa shape index (κ1) is 5.86. The fraction of sp³-hybridized carbons (Fsp3) is 0.375. The monoisotopic (exact) mass is 134 g/mol. The van der Waals surface area contributed by atoms with Crippen molar-refractivity contribution in [3.63, 3.8) is 0 Å². The summed E-state index contributed by atoms with van der Waals surface area (Å²) >= 11 is 0. The highest BCUT2D eigenvalue weighted by atomic mass is 16.5. The van der Waals surface area contributed by atoms with Gasteiger partial charge in [-0.1, -0.05) is 0 Å². The Morgan fingerprint density at radius 2 is 2.60 bits per heavy atom. The largest absolute Gasteiger partial charge is 0.376 e. The maximum absolute atomic E-state index is 5.22. The quantitative estimate of drug-likeness (QED) is 0.527. The van der Waals surface area contributed by atoms with Crippen molar-refractivity contribution in [2.75, 3.05) is 6.61 Å². The Labute approximate surface area is 59.9 Å². The van der Waals surface area contributed by atoms with Gasteiger partial charge in [0.1, 0.15) is 0 Å². The standard InChI is InChI=1S/C8H8NO/c1-3-9-5-8-6-10-4-2-7(1)8/h1,3H,2,4,6H2. The molecule has 2 heteroatoms. The van der Waals surface area contributed by atoms with Gasteiger partial charge in [-0.15, -0.1) is 0 Å². The van der Waals surface area contributed by atoms with Crippen LogP contribution in [0, 0.1) is 6.20 Å². The Morgan fingerprint density at radius 1 is 1.60 bits per heavy atom. The van der Waals surface area contributed by atoms with E-state index < -0.39 is 0 Å². The first-order valence-electron chi connectivity index (χ1n) is 3.39. The molecule has 1 aromatic rings. The molecule has 51 valence electrons. The minimum absolute atomic E-state index is 0.684. The third kappa shape index (κ3) is 0.907. The lowest BCUT2D eigenvalue weighted by Crippen LogP contribution is -2.09. The molecule has 1 radical (unpaired) electrons. The third-order valence-corrected chi connectivity index (χ3v) is 1.70. The van der Waals surface area contributed by atoms with Gasteiger partial charge in [0, 0.05) is 11.8 Å². The summed E-state index contributed by atoms with van der Waals surface area (Å²) in [5.41, 5.74) is 2.45. The van der Waals surface area contributed by atoms with Crippen LogP contribution in [0.3, 0.4) is 0 Å². The van der Waals surface area contributed by atoms with Gasteiger partial charge in [-0.05, 0) is 18.1 Å². The predicted octanol–water partition coefficient (Wildman–Crippen LogP) is 0.954. The number of fused-ring (bicyclic) bond motifs is 1. The van der Waals surface area contributed by atoms with E-state index in [1.807, 2.05) is 6.07 Å². The minimum Gasteiger partial charge on any atom is -0.376 e. The molecule has 0 fully saturated rings. The number of nitrogens with zero attached hydrogens (tertiary/aromatic N) is 1. The van der Waals surface area contributed by atoms with Crippen LogP contribution in [0.1, 0.15) is 11.1 Å². The van der Waals surface area contributed by atoms with Gasteiger partial charge < -0.3 is 4.74 Å². The molecule has 0 aromatic carbocycles. The van der Waals surface area contributed by atoms with E-state index in [1.54, 1.807) is 6.20 Å². The third-order valence-electron chi connectivity index (χ3n) is 1.70. The molecule has 0 aliphatic carbocycles. The zero-order chi connectivity index (χ0) is 6.81. The van der Waals surface area contributed by atoms with Crippen LogP contribution in [-0.2, 0) is 17.8 Å². The van der Waals surface area contributed by atoms with E-state index in [0.717, 1.165) is 18.6 Å². The van der Waals surface area contributed by atoms with Crippen LogP contribution in [0.25, 0.3) is 0 Å². The molecule has 0 bridgehead atoms. The van der Waals surface area contributed by atoms with Crippen molar-refractivity contribution >= 4 is 0 Å². The average Bonchev–Trinajstić information content (AvgIpc) is 2.05. The zero-order valence-corrected chi connectivity index (χ0v) is 5.63. The topological polar surface area (TPSA) is 22.1 Å². The Kier molecular flexibility index (Phi) is 1.40. The molecular formula is C8H8NO. The first-order chi connectivity index (χ1) is 4.97. The molecule has 1 aliphatic rings. The maximum atomic E-state index is 5.22. The summed E-state index contributed by atoms with van der Waals surface area (Å²) in [6.45, 7) is 1.52. The van der Waals surface area contributed by atoms with Crippen LogP contribution in [0.4, 0.5) is 0 Å². The first-order valence-corrected chi connectivity index (χ1v) is 3.39. The number of rotatable bonds is 0. The van der Waals surface area contributed by atoms with Crippen molar-refractivity contribution in [1.29, 1.82) is 0 Å². The van der Waals surface area contributed by atoms with Crippen LogP contribution >= 0.6 is 0 Å². The molecule has 2 rings (SSSR count). The Balaban J connectivity index is 2.41. The lowest BCUT2D eigenvalue weighted by Gasteiger charge is -2.13. The molecule has 0 N–H and O–H groups in total. The van der Waals surface area contributed by atoms with Crippen molar-refractivity contribution in [3.8, 4) is 0 Å². The molecule has 2 nitrogen and oxygen atoms in total. The zero-order valence-electron chi connectivity index (χ0n) is 5.63. The van der Waals surface area contributed by atoms with E-state index in [4.69, 9.17) is 4.74 Å². The number of hydrogen-bond donors (Lipinski definition) is 0. The smallest absolute Gasteiger partial charge is 0.0947 e. The van der Waals surface area contributed by atoms with E-state index in [-0.39, 0.29) is 0 Å². The van der Waals surface area contributed by atoms with E-state index in [1.165, 1.54) is 5.56 Å². The second kappa shape index (κ2) is 2.39. The summed E-state index contributed by atoms with van der Waals surface area (Å²) in [7, 11) is 0. The van der Waals surface area contributed by atoms with Crippen molar-refractivity contribution < 1.29 is 4.74 Å². The maximum Gasteiger partial charge on any atom is 0.0947 e. The molecule has 1 aliphatic heterocycles. The summed E-state index contributed by atoms with van der Waals surface area (Å²) in [5.74, 6) is 0. The lowest BCUT2D eigenvalue weighted by atomic mass is 10.1. The molecule has 0 unspecified atom stereocenters. The summed E-state index contributed by atoms with van der Waals surface area (Å²) in [4.78, 5) is 3.89. The van der Waals surface area contributed by atoms with Gasteiger partial charge in [0.05, 0.1) is 19.4 Å². The highest BCUT2D eigenvalue weighted by molar-refractivity contribution is 5.22. The van der Waals surface area contributed by atoms with Gasteiger partial charge in [-0.2, -0.15) is 0 Å². The van der Waals surface area contributed by atoms with E-state index in [0.29, 0.717) is 6.61 Å². The summed E-state index contributed by atoms with van der Waals surface area (Å²) in [6.07, 6.45) is 5.70. The fourth-order valence-corrected chi connectivity index (χ4v) is 1.13. The number of ether oxygens (including phenoxy) is 1. The molecule has 10 heavy (non-hydrogen) atoms.